The third-order valence-electron chi connectivity index (χ3n) is 3.03. The first-order valence-electron chi connectivity index (χ1n) is 6.38. The summed E-state index contributed by atoms with van der Waals surface area (Å²) >= 11 is 0. The molecule has 0 fully saturated rings. The van der Waals surface area contributed by atoms with Crippen molar-refractivity contribution in [2.24, 2.45) is 0 Å². The van der Waals surface area contributed by atoms with Crippen molar-refractivity contribution in [3.05, 3.63) is 59.7 Å². The van der Waals surface area contributed by atoms with Gasteiger partial charge in [0.05, 0.1) is 19.8 Å². The Morgan fingerprint density at radius 1 is 1.05 bits per heavy atom. The number of methoxy groups -OCH3 is 2. The van der Waals surface area contributed by atoms with E-state index < -0.39 is 5.97 Å². The van der Waals surface area contributed by atoms with E-state index in [1.807, 2.05) is 12.1 Å². The molecule has 0 aromatic heterocycles. The first-order valence-corrected chi connectivity index (χ1v) is 6.38. The number of hydrogen-bond donors (Lipinski definition) is 1. The number of hydrogen-bond acceptors (Lipinski definition) is 3. The van der Waals surface area contributed by atoms with E-state index in [4.69, 9.17) is 9.47 Å². The van der Waals surface area contributed by atoms with E-state index in [0.29, 0.717) is 17.1 Å². The average Bonchev–Trinajstić information content (AvgIpc) is 2.52. The van der Waals surface area contributed by atoms with Crippen molar-refractivity contribution < 1.29 is 19.4 Å². The fourth-order valence-electron chi connectivity index (χ4n) is 2.02. The molecule has 0 saturated carbocycles. The van der Waals surface area contributed by atoms with Gasteiger partial charge in [0.15, 0.2) is 0 Å². The number of rotatable bonds is 5. The molecule has 2 aromatic carbocycles. The van der Waals surface area contributed by atoms with Crippen LogP contribution in [0.1, 0.15) is 11.1 Å². The molecule has 0 heterocycles. The number of carboxylic acids is 1. The second kappa shape index (κ2) is 6.61. The van der Waals surface area contributed by atoms with E-state index in [-0.39, 0.29) is 5.57 Å². The van der Waals surface area contributed by atoms with Crippen LogP contribution in [-0.4, -0.2) is 25.3 Å². The molecule has 0 aliphatic rings. The number of aliphatic carboxylic acids is 1. The van der Waals surface area contributed by atoms with Crippen LogP contribution in [0.25, 0.3) is 11.6 Å². The van der Waals surface area contributed by atoms with Gasteiger partial charge in [-0.25, -0.2) is 4.79 Å². The molecular formula is C17H16O4. The predicted molar refractivity (Wildman–Crippen MR) is 81.5 cm³/mol. The summed E-state index contributed by atoms with van der Waals surface area (Å²) in [6, 6.07) is 14.2. The standard InChI is InChI=1S/C17H16O4/c1-20-13-7-5-6-12(10-13)11-15(17(18)19)14-8-3-4-9-16(14)21-2/h3-11H,1-2H3,(H,18,19)/b15-11+. The van der Waals surface area contributed by atoms with Crippen molar-refractivity contribution in [1.82, 2.24) is 0 Å². The number of ether oxygens (including phenoxy) is 2. The van der Waals surface area contributed by atoms with Crippen molar-refractivity contribution in [1.29, 1.82) is 0 Å². The highest BCUT2D eigenvalue weighted by Crippen LogP contribution is 2.28. The maximum absolute atomic E-state index is 11.6. The third kappa shape index (κ3) is 3.42. The second-order valence-electron chi connectivity index (χ2n) is 4.34. The van der Waals surface area contributed by atoms with Gasteiger partial charge in [-0.2, -0.15) is 0 Å². The molecule has 0 bridgehead atoms. The van der Waals surface area contributed by atoms with Crippen LogP contribution in [-0.2, 0) is 4.79 Å². The van der Waals surface area contributed by atoms with Gasteiger partial charge in [0.25, 0.3) is 0 Å². The highest BCUT2D eigenvalue weighted by atomic mass is 16.5. The minimum absolute atomic E-state index is 0.167. The summed E-state index contributed by atoms with van der Waals surface area (Å²) in [7, 11) is 3.09. The molecule has 4 heteroatoms. The molecule has 0 amide bonds. The normalized spacial score (nSPS) is 11.0. The maximum Gasteiger partial charge on any atom is 0.336 e. The van der Waals surface area contributed by atoms with Gasteiger partial charge in [-0.15, -0.1) is 0 Å². The monoisotopic (exact) mass is 284 g/mol. The van der Waals surface area contributed by atoms with Crippen molar-refractivity contribution in [2.45, 2.75) is 0 Å². The molecule has 0 aliphatic carbocycles. The Labute approximate surface area is 123 Å². The van der Waals surface area contributed by atoms with Gasteiger partial charge in [-0.05, 0) is 29.8 Å². The van der Waals surface area contributed by atoms with Crippen LogP contribution >= 0.6 is 0 Å². The van der Waals surface area contributed by atoms with Crippen molar-refractivity contribution >= 4 is 17.6 Å². The lowest BCUT2D eigenvalue weighted by Crippen LogP contribution is -2.01. The van der Waals surface area contributed by atoms with Gasteiger partial charge in [0.1, 0.15) is 11.5 Å². The van der Waals surface area contributed by atoms with Gasteiger partial charge >= 0.3 is 5.97 Å². The smallest absolute Gasteiger partial charge is 0.336 e. The van der Waals surface area contributed by atoms with E-state index in [1.54, 1.807) is 49.6 Å². The van der Waals surface area contributed by atoms with Crippen LogP contribution in [0.5, 0.6) is 11.5 Å². The topological polar surface area (TPSA) is 55.8 Å². The van der Waals surface area contributed by atoms with Gasteiger partial charge in [0, 0.05) is 5.56 Å². The summed E-state index contributed by atoms with van der Waals surface area (Å²) in [5.74, 6) is 0.185. The Bertz CT molecular complexity index is 674. The first-order chi connectivity index (χ1) is 10.2. The Hall–Kier alpha value is -2.75. The zero-order valence-electron chi connectivity index (χ0n) is 11.9. The lowest BCUT2D eigenvalue weighted by Gasteiger charge is -2.09. The minimum atomic E-state index is -1.01. The Balaban J connectivity index is 2.52. The quantitative estimate of drug-likeness (QED) is 0.676. The minimum Gasteiger partial charge on any atom is -0.497 e. The van der Waals surface area contributed by atoms with Gasteiger partial charge in [-0.3, -0.25) is 0 Å². The molecule has 4 nitrogen and oxygen atoms in total. The fourth-order valence-corrected chi connectivity index (χ4v) is 2.02. The van der Waals surface area contributed by atoms with E-state index in [1.165, 1.54) is 7.11 Å². The highest BCUT2D eigenvalue weighted by molar-refractivity contribution is 6.21. The molecular weight excluding hydrogens is 268 g/mol. The summed E-state index contributed by atoms with van der Waals surface area (Å²) in [5.41, 5.74) is 1.45. The predicted octanol–water partition coefficient (Wildman–Crippen LogP) is 3.33. The van der Waals surface area contributed by atoms with E-state index in [2.05, 4.69) is 0 Å². The van der Waals surface area contributed by atoms with Crippen LogP contribution in [0.2, 0.25) is 0 Å². The second-order valence-corrected chi connectivity index (χ2v) is 4.34. The van der Waals surface area contributed by atoms with E-state index in [9.17, 15) is 9.90 Å². The molecule has 21 heavy (non-hydrogen) atoms. The first kappa shape index (κ1) is 14.7. The highest BCUT2D eigenvalue weighted by Gasteiger charge is 2.15. The summed E-state index contributed by atoms with van der Waals surface area (Å²) in [6.45, 7) is 0. The summed E-state index contributed by atoms with van der Waals surface area (Å²) in [5, 5.41) is 9.48. The molecule has 2 aromatic rings. The molecule has 0 unspecified atom stereocenters. The molecule has 0 aliphatic heterocycles. The zero-order chi connectivity index (χ0) is 15.2. The van der Waals surface area contributed by atoms with Crippen LogP contribution in [0, 0.1) is 0 Å². The largest absolute Gasteiger partial charge is 0.497 e. The van der Waals surface area contributed by atoms with Crippen LogP contribution in [0.3, 0.4) is 0 Å². The van der Waals surface area contributed by atoms with Gasteiger partial charge in [-0.1, -0.05) is 30.3 Å². The molecule has 108 valence electrons. The van der Waals surface area contributed by atoms with E-state index >= 15 is 0 Å². The van der Waals surface area contributed by atoms with E-state index in [0.717, 1.165) is 5.56 Å². The van der Waals surface area contributed by atoms with Crippen molar-refractivity contribution in [3.63, 3.8) is 0 Å². The van der Waals surface area contributed by atoms with Gasteiger partial charge < -0.3 is 14.6 Å². The van der Waals surface area contributed by atoms with Crippen molar-refractivity contribution in [3.8, 4) is 11.5 Å². The lowest BCUT2D eigenvalue weighted by molar-refractivity contribution is -0.130. The molecule has 0 atom stereocenters. The Morgan fingerprint density at radius 3 is 2.48 bits per heavy atom. The summed E-state index contributed by atoms with van der Waals surface area (Å²) in [4.78, 5) is 11.6. The third-order valence-corrected chi connectivity index (χ3v) is 3.03. The van der Waals surface area contributed by atoms with Crippen LogP contribution < -0.4 is 9.47 Å². The number of para-hydroxylation sites is 1. The van der Waals surface area contributed by atoms with Crippen LogP contribution in [0.4, 0.5) is 0 Å². The van der Waals surface area contributed by atoms with Crippen LogP contribution in [0.15, 0.2) is 48.5 Å². The SMILES string of the molecule is COc1cccc(/C=C(/C(=O)O)c2ccccc2OC)c1. The fraction of sp³-hybridized carbons (Fsp3) is 0.118. The molecule has 0 radical (unpaired) electrons. The number of carboxylic acid groups (broad SMARTS) is 1. The Morgan fingerprint density at radius 2 is 1.81 bits per heavy atom. The lowest BCUT2D eigenvalue weighted by atomic mass is 10.0. The average molecular weight is 284 g/mol. The summed E-state index contributed by atoms with van der Waals surface area (Å²) < 4.78 is 10.4. The summed E-state index contributed by atoms with van der Waals surface area (Å²) in [6.07, 6.45) is 1.60. The maximum atomic E-state index is 11.6. The Kier molecular flexibility index (Phi) is 4.61. The number of benzene rings is 2. The van der Waals surface area contributed by atoms with Crippen molar-refractivity contribution in [2.75, 3.05) is 14.2 Å². The van der Waals surface area contributed by atoms with Gasteiger partial charge in [0.2, 0.25) is 0 Å². The molecule has 0 saturated heterocycles. The molecule has 1 N–H and O–H groups in total. The molecule has 2 rings (SSSR count). The molecule has 0 spiro atoms. The number of carbonyl (C=O) groups is 1. The zero-order valence-corrected chi connectivity index (χ0v) is 11.9.